The number of hydrogen-bond donors (Lipinski definition) is 1. The lowest BCUT2D eigenvalue weighted by Crippen LogP contribution is -2.29. The van der Waals surface area contributed by atoms with E-state index in [1.54, 1.807) is 66.9 Å². The minimum atomic E-state index is -0.316. The van der Waals surface area contributed by atoms with E-state index in [1.807, 2.05) is 0 Å². The Labute approximate surface area is 155 Å². The van der Waals surface area contributed by atoms with Gasteiger partial charge in [-0.25, -0.2) is 0 Å². The van der Waals surface area contributed by atoms with Gasteiger partial charge in [-0.05, 0) is 42.0 Å². The molecule has 1 aliphatic heterocycles. The van der Waals surface area contributed by atoms with E-state index >= 15 is 0 Å². The molecule has 1 aromatic heterocycles. The third kappa shape index (κ3) is 3.25. The average molecular weight is 360 g/mol. The number of hydrogen-bond acceptors (Lipinski definition) is 4. The van der Waals surface area contributed by atoms with Crippen LogP contribution < -0.4 is 5.32 Å². The number of fused-ring (bicyclic) bond motifs is 1. The second kappa shape index (κ2) is 6.92. The van der Waals surface area contributed by atoms with Gasteiger partial charge in [0.25, 0.3) is 17.7 Å². The highest BCUT2D eigenvalue weighted by atomic mass is 16.3. The number of furan rings is 1. The predicted octanol–water partition coefficient (Wildman–Crippen LogP) is 3.01. The van der Waals surface area contributed by atoms with Crippen LogP contribution in [0.15, 0.2) is 71.3 Å². The number of amides is 3. The summed E-state index contributed by atoms with van der Waals surface area (Å²) in [5.41, 5.74) is 1.98. The van der Waals surface area contributed by atoms with Crippen LogP contribution in [-0.2, 0) is 13.1 Å². The van der Waals surface area contributed by atoms with Crippen LogP contribution in [-0.4, -0.2) is 22.6 Å². The smallest absolute Gasteiger partial charge is 0.261 e. The zero-order chi connectivity index (χ0) is 18.8. The molecule has 1 N–H and O–H groups in total. The highest BCUT2D eigenvalue weighted by Crippen LogP contribution is 2.24. The third-order valence-electron chi connectivity index (χ3n) is 4.41. The molecule has 134 valence electrons. The summed E-state index contributed by atoms with van der Waals surface area (Å²) in [5.74, 6) is -0.229. The molecule has 0 unspecified atom stereocenters. The Morgan fingerprint density at radius 1 is 0.926 bits per heavy atom. The molecule has 2 aromatic carbocycles. The van der Waals surface area contributed by atoms with Gasteiger partial charge in [0.15, 0.2) is 0 Å². The molecule has 0 bridgehead atoms. The van der Waals surface area contributed by atoms with E-state index in [0.29, 0.717) is 28.0 Å². The summed E-state index contributed by atoms with van der Waals surface area (Å²) in [6, 6.07) is 17.2. The van der Waals surface area contributed by atoms with E-state index in [-0.39, 0.29) is 30.8 Å². The zero-order valence-corrected chi connectivity index (χ0v) is 14.3. The maximum atomic E-state index is 12.5. The Kier molecular flexibility index (Phi) is 4.30. The summed E-state index contributed by atoms with van der Waals surface area (Å²) < 4.78 is 5.19. The van der Waals surface area contributed by atoms with Crippen molar-refractivity contribution in [3.8, 4) is 0 Å². The van der Waals surface area contributed by atoms with Crippen LogP contribution in [0.4, 0.5) is 0 Å². The fourth-order valence-corrected chi connectivity index (χ4v) is 3.06. The Morgan fingerprint density at radius 2 is 1.67 bits per heavy atom. The Bertz CT molecular complexity index is 989. The number of imide groups is 1. The minimum Gasteiger partial charge on any atom is -0.467 e. The third-order valence-corrected chi connectivity index (χ3v) is 4.41. The van der Waals surface area contributed by atoms with Crippen molar-refractivity contribution in [1.82, 2.24) is 10.2 Å². The number of rotatable bonds is 5. The van der Waals surface area contributed by atoms with Gasteiger partial charge in [-0.15, -0.1) is 0 Å². The Morgan fingerprint density at radius 3 is 2.33 bits per heavy atom. The lowest BCUT2D eigenvalue weighted by Gasteiger charge is -2.14. The van der Waals surface area contributed by atoms with E-state index in [0.717, 1.165) is 0 Å². The van der Waals surface area contributed by atoms with Gasteiger partial charge in [-0.1, -0.05) is 24.3 Å². The molecular formula is C21H16N2O4. The van der Waals surface area contributed by atoms with E-state index in [4.69, 9.17) is 4.42 Å². The van der Waals surface area contributed by atoms with Crippen molar-refractivity contribution in [2.45, 2.75) is 13.1 Å². The van der Waals surface area contributed by atoms with Crippen LogP contribution in [0.3, 0.4) is 0 Å². The molecular weight excluding hydrogens is 344 g/mol. The summed E-state index contributed by atoms with van der Waals surface area (Å²) in [6.07, 6.45) is 1.55. The van der Waals surface area contributed by atoms with Gasteiger partial charge in [-0.2, -0.15) is 0 Å². The maximum Gasteiger partial charge on any atom is 0.261 e. The summed E-state index contributed by atoms with van der Waals surface area (Å²) in [6.45, 7) is 0.403. The van der Waals surface area contributed by atoms with Crippen LogP contribution in [0.25, 0.3) is 0 Å². The molecule has 0 saturated carbocycles. The van der Waals surface area contributed by atoms with Crippen molar-refractivity contribution in [2.24, 2.45) is 0 Å². The van der Waals surface area contributed by atoms with E-state index in [1.165, 1.54) is 4.90 Å². The highest BCUT2D eigenvalue weighted by Gasteiger charge is 2.34. The van der Waals surface area contributed by atoms with Crippen molar-refractivity contribution >= 4 is 17.7 Å². The van der Waals surface area contributed by atoms with E-state index < -0.39 is 0 Å². The maximum absolute atomic E-state index is 12.5. The monoisotopic (exact) mass is 360 g/mol. The number of benzene rings is 2. The largest absolute Gasteiger partial charge is 0.467 e. The fourth-order valence-electron chi connectivity index (χ4n) is 3.06. The molecule has 0 atom stereocenters. The Hall–Kier alpha value is -3.67. The van der Waals surface area contributed by atoms with Gasteiger partial charge in [-0.3, -0.25) is 19.3 Å². The first-order valence-corrected chi connectivity index (χ1v) is 8.48. The normalized spacial score (nSPS) is 13.0. The first kappa shape index (κ1) is 16.8. The quantitative estimate of drug-likeness (QED) is 0.710. The van der Waals surface area contributed by atoms with Crippen LogP contribution in [0.1, 0.15) is 42.4 Å². The van der Waals surface area contributed by atoms with Crippen molar-refractivity contribution in [2.75, 3.05) is 0 Å². The molecule has 0 fully saturated rings. The number of carbonyl (C=O) groups excluding carboxylic acids is 3. The SMILES string of the molecule is O=C(NCc1ccco1)c1cccc(CN2C(=O)c3ccccc3C2=O)c1. The molecule has 4 rings (SSSR count). The van der Waals surface area contributed by atoms with Gasteiger partial charge in [0, 0.05) is 5.56 Å². The van der Waals surface area contributed by atoms with Gasteiger partial charge in [0.1, 0.15) is 5.76 Å². The van der Waals surface area contributed by atoms with Crippen molar-refractivity contribution in [3.05, 3.63) is 94.9 Å². The lowest BCUT2D eigenvalue weighted by molar-refractivity contribution is 0.0642. The summed E-state index contributed by atoms with van der Waals surface area (Å²) in [4.78, 5) is 38.5. The molecule has 6 nitrogen and oxygen atoms in total. The molecule has 0 radical (unpaired) electrons. The zero-order valence-electron chi connectivity index (χ0n) is 14.3. The molecule has 1 aliphatic rings. The standard InChI is InChI=1S/C21H16N2O4/c24-19(22-12-16-7-4-10-27-16)15-6-3-5-14(11-15)13-23-20(25)17-8-1-2-9-18(17)21(23)26/h1-11H,12-13H2,(H,22,24). The van der Waals surface area contributed by atoms with Gasteiger partial charge in [0.2, 0.25) is 0 Å². The summed E-state index contributed by atoms with van der Waals surface area (Å²) in [7, 11) is 0. The van der Waals surface area contributed by atoms with Gasteiger partial charge in [0.05, 0.1) is 30.5 Å². The minimum absolute atomic E-state index is 0.117. The molecule has 2 heterocycles. The van der Waals surface area contributed by atoms with Crippen LogP contribution in [0, 0.1) is 0 Å². The van der Waals surface area contributed by atoms with Gasteiger partial charge >= 0.3 is 0 Å². The van der Waals surface area contributed by atoms with Gasteiger partial charge < -0.3 is 9.73 Å². The summed E-state index contributed by atoms with van der Waals surface area (Å²) >= 11 is 0. The summed E-state index contributed by atoms with van der Waals surface area (Å²) in [5, 5.41) is 2.77. The molecule has 3 amide bonds. The highest BCUT2D eigenvalue weighted by molar-refractivity contribution is 6.21. The van der Waals surface area contributed by atoms with Crippen LogP contribution >= 0.6 is 0 Å². The molecule has 27 heavy (non-hydrogen) atoms. The van der Waals surface area contributed by atoms with Crippen molar-refractivity contribution in [3.63, 3.8) is 0 Å². The second-order valence-electron chi connectivity index (χ2n) is 6.20. The number of nitrogens with one attached hydrogen (secondary N) is 1. The number of nitrogens with zero attached hydrogens (tertiary/aromatic N) is 1. The molecule has 0 aliphatic carbocycles. The van der Waals surface area contributed by atoms with Crippen molar-refractivity contribution < 1.29 is 18.8 Å². The topological polar surface area (TPSA) is 79.6 Å². The lowest BCUT2D eigenvalue weighted by atomic mass is 10.1. The fraction of sp³-hybridized carbons (Fsp3) is 0.0952. The van der Waals surface area contributed by atoms with E-state index in [9.17, 15) is 14.4 Å². The first-order valence-electron chi connectivity index (χ1n) is 8.48. The predicted molar refractivity (Wildman–Crippen MR) is 97.0 cm³/mol. The van der Waals surface area contributed by atoms with Crippen molar-refractivity contribution in [1.29, 1.82) is 0 Å². The molecule has 0 saturated heterocycles. The molecule has 0 spiro atoms. The van der Waals surface area contributed by atoms with Crippen LogP contribution in [0.5, 0.6) is 0 Å². The second-order valence-corrected chi connectivity index (χ2v) is 6.20. The Balaban J connectivity index is 1.48. The molecule has 6 heteroatoms. The van der Waals surface area contributed by atoms with Crippen LogP contribution in [0.2, 0.25) is 0 Å². The first-order chi connectivity index (χ1) is 13.1. The number of carbonyl (C=O) groups is 3. The average Bonchev–Trinajstić information content (AvgIpc) is 3.30. The molecule has 3 aromatic rings. The van der Waals surface area contributed by atoms with E-state index in [2.05, 4.69) is 5.32 Å².